The molecule has 0 bridgehead atoms. The Bertz CT molecular complexity index is 654. The summed E-state index contributed by atoms with van der Waals surface area (Å²) < 4.78 is 16.6. The zero-order chi connectivity index (χ0) is 19.3. The van der Waals surface area contributed by atoms with Crippen LogP contribution in [-0.2, 0) is 9.53 Å². The van der Waals surface area contributed by atoms with E-state index in [0.717, 1.165) is 19.3 Å². The molecule has 1 amide bonds. The van der Waals surface area contributed by atoms with E-state index in [9.17, 15) is 9.59 Å². The van der Waals surface area contributed by atoms with E-state index in [4.69, 9.17) is 14.2 Å². The molecular weight excluding hydrogens is 402 g/mol. The molecule has 0 radical (unpaired) electrons. The first-order chi connectivity index (χ1) is 12.4. The maximum Gasteiger partial charge on any atom is 0.338 e. The smallest absolute Gasteiger partial charge is 0.338 e. The monoisotopic (exact) mass is 427 g/mol. The van der Waals surface area contributed by atoms with Crippen molar-refractivity contribution in [2.24, 2.45) is 0 Å². The second-order valence-corrected chi connectivity index (χ2v) is 7.28. The van der Waals surface area contributed by atoms with Crippen LogP contribution in [0.1, 0.15) is 50.4 Å². The molecule has 26 heavy (non-hydrogen) atoms. The van der Waals surface area contributed by atoms with E-state index < -0.39 is 5.97 Å². The second kappa shape index (κ2) is 9.26. The van der Waals surface area contributed by atoms with Crippen LogP contribution < -0.4 is 9.47 Å². The zero-order valence-electron chi connectivity index (χ0n) is 15.7. The van der Waals surface area contributed by atoms with Gasteiger partial charge in [-0.05, 0) is 68.1 Å². The summed E-state index contributed by atoms with van der Waals surface area (Å²) in [7, 11) is 1.53. The minimum absolute atomic E-state index is 0.157. The van der Waals surface area contributed by atoms with Crippen LogP contribution in [0.3, 0.4) is 0 Å². The van der Waals surface area contributed by atoms with Gasteiger partial charge in [-0.2, -0.15) is 0 Å². The van der Waals surface area contributed by atoms with Gasteiger partial charge in [0.25, 0.3) is 5.91 Å². The fraction of sp³-hybridized carbons (Fsp3) is 0.579. The number of methoxy groups -OCH3 is 1. The number of hydrogen-bond acceptors (Lipinski definition) is 5. The number of carbonyl (C=O) groups is 2. The van der Waals surface area contributed by atoms with Crippen LogP contribution in [0.2, 0.25) is 0 Å². The van der Waals surface area contributed by atoms with Crippen LogP contribution in [-0.4, -0.2) is 49.2 Å². The fourth-order valence-corrected chi connectivity index (χ4v) is 3.95. The van der Waals surface area contributed by atoms with Crippen molar-refractivity contribution >= 4 is 27.8 Å². The molecule has 1 aliphatic heterocycles. The van der Waals surface area contributed by atoms with Crippen molar-refractivity contribution in [1.29, 1.82) is 0 Å². The summed E-state index contributed by atoms with van der Waals surface area (Å²) in [4.78, 5) is 26.7. The topological polar surface area (TPSA) is 65.1 Å². The van der Waals surface area contributed by atoms with E-state index in [1.807, 2.05) is 25.7 Å². The van der Waals surface area contributed by atoms with Gasteiger partial charge in [0.2, 0.25) is 0 Å². The Morgan fingerprint density at radius 3 is 2.46 bits per heavy atom. The first kappa shape index (κ1) is 20.6. The lowest BCUT2D eigenvalue weighted by Gasteiger charge is -2.38. The molecule has 0 saturated carbocycles. The summed E-state index contributed by atoms with van der Waals surface area (Å²) in [5.74, 6) is 0.229. The van der Waals surface area contributed by atoms with Crippen molar-refractivity contribution in [3.63, 3.8) is 0 Å². The van der Waals surface area contributed by atoms with E-state index >= 15 is 0 Å². The highest BCUT2D eigenvalue weighted by atomic mass is 79.9. The molecule has 1 heterocycles. The normalized spacial score (nSPS) is 19.8. The van der Waals surface area contributed by atoms with Gasteiger partial charge in [-0.25, -0.2) is 4.79 Å². The predicted molar refractivity (Wildman–Crippen MR) is 102 cm³/mol. The molecule has 2 rings (SSSR count). The van der Waals surface area contributed by atoms with Crippen LogP contribution in [0.4, 0.5) is 0 Å². The zero-order valence-corrected chi connectivity index (χ0v) is 17.3. The van der Waals surface area contributed by atoms with Gasteiger partial charge in [0.1, 0.15) is 0 Å². The van der Waals surface area contributed by atoms with Crippen molar-refractivity contribution in [1.82, 2.24) is 4.90 Å². The highest BCUT2D eigenvalue weighted by molar-refractivity contribution is 9.10. The van der Waals surface area contributed by atoms with Gasteiger partial charge >= 0.3 is 5.97 Å². The minimum Gasteiger partial charge on any atom is -0.492 e. The first-order valence-corrected chi connectivity index (χ1v) is 9.66. The Balaban J connectivity index is 2.06. The number of rotatable bonds is 6. The molecule has 7 heteroatoms. The summed E-state index contributed by atoms with van der Waals surface area (Å²) in [6.07, 6.45) is 3.08. The van der Waals surface area contributed by atoms with Crippen molar-refractivity contribution < 1.29 is 23.8 Å². The van der Waals surface area contributed by atoms with Gasteiger partial charge in [0, 0.05) is 12.1 Å². The van der Waals surface area contributed by atoms with Gasteiger partial charge in [-0.15, -0.1) is 0 Å². The van der Waals surface area contributed by atoms with Gasteiger partial charge in [-0.1, -0.05) is 0 Å². The molecule has 0 aliphatic carbocycles. The third kappa shape index (κ3) is 4.69. The summed E-state index contributed by atoms with van der Waals surface area (Å²) in [5, 5.41) is 0. The van der Waals surface area contributed by atoms with E-state index in [0.29, 0.717) is 28.1 Å². The molecule has 1 aromatic carbocycles. The molecule has 2 atom stereocenters. The highest BCUT2D eigenvalue weighted by Gasteiger charge is 2.29. The van der Waals surface area contributed by atoms with E-state index in [1.165, 1.54) is 7.11 Å². The number of amides is 1. The summed E-state index contributed by atoms with van der Waals surface area (Å²) in [6, 6.07) is 3.50. The maximum atomic E-state index is 12.5. The molecule has 144 valence electrons. The Morgan fingerprint density at radius 2 is 1.88 bits per heavy atom. The number of benzene rings is 1. The number of piperidine rings is 1. The molecule has 0 N–H and O–H groups in total. The van der Waals surface area contributed by atoms with Crippen molar-refractivity contribution in [2.75, 3.05) is 20.3 Å². The number of hydrogen-bond donors (Lipinski definition) is 0. The molecule has 1 fully saturated rings. The van der Waals surface area contributed by atoms with Gasteiger partial charge in [0.05, 0.1) is 23.8 Å². The van der Waals surface area contributed by atoms with Gasteiger partial charge < -0.3 is 19.1 Å². The fourth-order valence-electron chi connectivity index (χ4n) is 3.34. The number of esters is 1. The highest BCUT2D eigenvalue weighted by Crippen LogP contribution is 2.36. The SMILES string of the molecule is CCOc1cc(C(=O)OCC(=O)N2[C@H](C)CCC[C@H]2C)cc(Br)c1OC. The first-order valence-electron chi connectivity index (χ1n) is 8.87. The van der Waals surface area contributed by atoms with Crippen LogP contribution in [0.25, 0.3) is 0 Å². The van der Waals surface area contributed by atoms with Gasteiger partial charge in [-0.3, -0.25) is 4.79 Å². The largest absolute Gasteiger partial charge is 0.492 e. The summed E-state index contributed by atoms with van der Waals surface area (Å²) >= 11 is 3.37. The molecule has 0 spiro atoms. The lowest BCUT2D eigenvalue weighted by atomic mass is 9.97. The number of carbonyl (C=O) groups excluding carboxylic acids is 2. The van der Waals surface area contributed by atoms with Crippen molar-refractivity contribution in [2.45, 2.75) is 52.1 Å². The Kier molecular flexibility index (Phi) is 7.32. The molecule has 0 aromatic heterocycles. The van der Waals surface area contributed by atoms with Crippen LogP contribution in [0.15, 0.2) is 16.6 Å². The van der Waals surface area contributed by atoms with Crippen LogP contribution in [0.5, 0.6) is 11.5 Å². The van der Waals surface area contributed by atoms with Crippen molar-refractivity contribution in [3.8, 4) is 11.5 Å². The summed E-state index contributed by atoms with van der Waals surface area (Å²) in [5.41, 5.74) is 0.300. The number of halogens is 1. The lowest BCUT2D eigenvalue weighted by Crippen LogP contribution is -2.49. The van der Waals surface area contributed by atoms with E-state index in [1.54, 1.807) is 12.1 Å². The maximum absolute atomic E-state index is 12.5. The standard InChI is InChI=1S/C19H26BrNO5/c1-5-25-16-10-14(9-15(20)18(16)24-4)19(23)26-11-17(22)21-12(2)7-6-8-13(21)3/h9-10,12-13H,5-8,11H2,1-4H3/t12-,13-/m1/s1. The third-order valence-electron chi connectivity index (χ3n) is 4.56. The second-order valence-electron chi connectivity index (χ2n) is 6.43. The summed E-state index contributed by atoms with van der Waals surface area (Å²) in [6.45, 7) is 6.08. The Hall–Kier alpha value is -1.76. The minimum atomic E-state index is -0.569. The van der Waals surface area contributed by atoms with E-state index in [2.05, 4.69) is 15.9 Å². The van der Waals surface area contributed by atoms with Crippen molar-refractivity contribution in [3.05, 3.63) is 22.2 Å². The molecule has 1 aliphatic rings. The Labute approximate surface area is 162 Å². The predicted octanol–water partition coefficient (Wildman–Crippen LogP) is 3.80. The lowest BCUT2D eigenvalue weighted by molar-refractivity contribution is -0.140. The number of nitrogens with zero attached hydrogens (tertiary/aromatic N) is 1. The average molecular weight is 428 g/mol. The molecular formula is C19H26BrNO5. The third-order valence-corrected chi connectivity index (χ3v) is 5.15. The molecule has 6 nitrogen and oxygen atoms in total. The number of ether oxygens (including phenoxy) is 3. The number of likely N-dealkylation sites (tertiary alicyclic amines) is 1. The average Bonchev–Trinajstić information content (AvgIpc) is 2.59. The van der Waals surface area contributed by atoms with Crippen LogP contribution in [0, 0.1) is 0 Å². The van der Waals surface area contributed by atoms with Gasteiger partial charge in [0.15, 0.2) is 18.1 Å². The van der Waals surface area contributed by atoms with E-state index in [-0.39, 0.29) is 24.6 Å². The molecule has 1 aromatic rings. The quantitative estimate of drug-likeness (QED) is 0.645. The Morgan fingerprint density at radius 1 is 1.23 bits per heavy atom. The molecule has 1 saturated heterocycles. The van der Waals surface area contributed by atoms with Crippen LogP contribution >= 0.6 is 15.9 Å². The molecule has 0 unspecified atom stereocenters.